The second-order valence-electron chi connectivity index (χ2n) is 4.83. The molecule has 0 aromatic carbocycles. The lowest BCUT2D eigenvalue weighted by Gasteiger charge is -2.17. The number of nitrogens with two attached hydrogens (primary N) is 1. The van der Waals surface area contributed by atoms with Crippen molar-refractivity contribution in [2.45, 2.75) is 45.1 Å². The molecule has 1 fully saturated rings. The molecule has 0 bridgehead atoms. The van der Waals surface area contributed by atoms with Crippen molar-refractivity contribution in [3.05, 3.63) is 17.3 Å². The van der Waals surface area contributed by atoms with Crippen molar-refractivity contribution < 1.29 is 9.47 Å². The Labute approximate surface area is 108 Å². The number of methoxy groups -OCH3 is 1. The molecule has 0 aliphatic heterocycles. The van der Waals surface area contributed by atoms with Gasteiger partial charge in [0.2, 0.25) is 0 Å². The van der Waals surface area contributed by atoms with Crippen LogP contribution in [0.3, 0.4) is 0 Å². The fraction of sp³-hybridized carbons (Fsp3) is 0.643. The average Bonchev–Trinajstić information content (AvgIpc) is 2.82. The first-order valence-corrected chi connectivity index (χ1v) is 6.66. The monoisotopic (exact) mass is 250 g/mol. The molecular formula is C14H22N2O2. The Morgan fingerprint density at radius 3 is 2.72 bits per heavy atom. The van der Waals surface area contributed by atoms with Crippen LogP contribution in [0, 0.1) is 6.92 Å². The number of rotatable bonds is 5. The van der Waals surface area contributed by atoms with E-state index in [9.17, 15) is 0 Å². The number of hydrogen-bond donors (Lipinski definition) is 1. The van der Waals surface area contributed by atoms with E-state index in [1.54, 1.807) is 7.11 Å². The normalized spacial score (nSPS) is 15.9. The number of aryl methyl sites for hydroxylation is 1. The fourth-order valence-electron chi connectivity index (χ4n) is 2.47. The van der Waals surface area contributed by atoms with Gasteiger partial charge >= 0.3 is 0 Å². The topological polar surface area (TPSA) is 57.4 Å². The van der Waals surface area contributed by atoms with Crippen LogP contribution in [-0.4, -0.2) is 24.7 Å². The van der Waals surface area contributed by atoms with Crippen LogP contribution in [-0.2, 0) is 6.42 Å². The number of aromatic nitrogens is 1. The first-order chi connectivity index (χ1) is 8.74. The summed E-state index contributed by atoms with van der Waals surface area (Å²) in [6.45, 7) is 2.61. The third-order valence-electron chi connectivity index (χ3n) is 3.37. The van der Waals surface area contributed by atoms with Gasteiger partial charge in [-0.2, -0.15) is 0 Å². The van der Waals surface area contributed by atoms with Gasteiger partial charge in [-0.1, -0.05) is 0 Å². The van der Waals surface area contributed by atoms with Crippen LogP contribution in [0.15, 0.2) is 6.07 Å². The lowest BCUT2D eigenvalue weighted by atomic mass is 10.2. The van der Waals surface area contributed by atoms with E-state index >= 15 is 0 Å². The van der Waals surface area contributed by atoms with Gasteiger partial charge in [0.1, 0.15) is 6.10 Å². The Kier molecular flexibility index (Phi) is 4.42. The summed E-state index contributed by atoms with van der Waals surface area (Å²) in [5, 5.41) is 0. The van der Waals surface area contributed by atoms with E-state index < -0.39 is 0 Å². The lowest BCUT2D eigenvalue weighted by Crippen LogP contribution is -2.14. The molecule has 0 spiro atoms. The summed E-state index contributed by atoms with van der Waals surface area (Å²) >= 11 is 0. The molecule has 0 atom stereocenters. The summed E-state index contributed by atoms with van der Waals surface area (Å²) in [6.07, 6.45) is 5.78. The zero-order chi connectivity index (χ0) is 13.0. The molecule has 1 aromatic heterocycles. The van der Waals surface area contributed by atoms with Crippen LogP contribution in [0.4, 0.5) is 0 Å². The van der Waals surface area contributed by atoms with Gasteiger partial charge in [-0.05, 0) is 50.8 Å². The number of hydrogen-bond acceptors (Lipinski definition) is 4. The quantitative estimate of drug-likeness (QED) is 0.870. The number of nitrogens with zero attached hydrogens (tertiary/aromatic N) is 1. The van der Waals surface area contributed by atoms with E-state index in [2.05, 4.69) is 4.98 Å². The van der Waals surface area contributed by atoms with Crippen molar-refractivity contribution in [1.82, 2.24) is 4.98 Å². The molecule has 2 N–H and O–H groups in total. The van der Waals surface area contributed by atoms with Gasteiger partial charge in [0.05, 0.1) is 7.11 Å². The van der Waals surface area contributed by atoms with E-state index in [0.29, 0.717) is 18.5 Å². The molecule has 1 aliphatic rings. The smallest absolute Gasteiger partial charge is 0.257 e. The second-order valence-corrected chi connectivity index (χ2v) is 4.83. The minimum atomic E-state index is 0.291. The minimum Gasteiger partial charge on any atom is -0.491 e. The summed E-state index contributed by atoms with van der Waals surface area (Å²) < 4.78 is 11.4. The molecular weight excluding hydrogens is 228 g/mol. The first-order valence-electron chi connectivity index (χ1n) is 6.66. The highest BCUT2D eigenvalue weighted by molar-refractivity contribution is 5.42. The Balaban J connectivity index is 2.23. The summed E-state index contributed by atoms with van der Waals surface area (Å²) in [4.78, 5) is 4.53. The van der Waals surface area contributed by atoms with Gasteiger partial charge in [0.15, 0.2) is 5.75 Å². The highest BCUT2D eigenvalue weighted by atomic mass is 16.5. The van der Waals surface area contributed by atoms with Gasteiger partial charge in [-0.15, -0.1) is 0 Å². The zero-order valence-electron chi connectivity index (χ0n) is 11.2. The van der Waals surface area contributed by atoms with Crippen LogP contribution in [0.2, 0.25) is 0 Å². The first kappa shape index (κ1) is 13.1. The van der Waals surface area contributed by atoms with Crippen LogP contribution in [0.25, 0.3) is 0 Å². The van der Waals surface area contributed by atoms with Crippen molar-refractivity contribution in [3.8, 4) is 11.6 Å². The third-order valence-corrected chi connectivity index (χ3v) is 3.37. The highest BCUT2D eigenvalue weighted by Crippen LogP contribution is 2.32. The van der Waals surface area contributed by atoms with Crippen molar-refractivity contribution in [3.63, 3.8) is 0 Å². The Bertz CT molecular complexity index is 401. The van der Waals surface area contributed by atoms with E-state index in [4.69, 9.17) is 15.2 Å². The van der Waals surface area contributed by atoms with Crippen LogP contribution in [0.1, 0.15) is 36.9 Å². The molecule has 0 saturated heterocycles. The lowest BCUT2D eigenvalue weighted by molar-refractivity contribution is 0.191. The molecule has 18 heavy (non-hydrogen) atoms. The van der Waals surface area contributed by atoms with E-state index in [1.807, 2.05) is 13.0 Å². The Morgan fingerprint density at radius 2 is 2.11 bits per heavy atom. The Hall–Kier alpha value is -1.29. The van der Waals surface area contributed by atoms with Crippen molar-refractivity contribution >= 4 is 0 Å². The largest absolute Gasteiger partial charge is 0.491 e. The molecule has 100 valence electrons. The van der Waals surface area contributed by atoms with Crippen molar-refractivity contribution in [2.24, 2.45) is 5.73 Å². The van der Waals surface area contributed by atoms with Crippen molar-refractivity contribution in [2.75, 3.05) is 13.7 Å². The van der Waals surface area contributed by atoms with Crippen LogP contribution in [0.5, 0.6) is 11.6 Å². The molecule has 4 heteroatoms. The molecule has 1 saturated carbocycles. The molecule has 0 unspecified atom stereocenters. The maximum atomic E-state index is 5.99. The molecule has 0 amide bonds. The van der Waals surface area contributed by atoms with Gasteiger partial charge < -0.3 is 15.2 Å². The van der Waals surface area contributed by atoms with E-state index in [1.165, 1.54) is 12.8 Å². The molecule has 2 rings (SSSR count). The van der Waals surface area contributed by atoms with Gasteiger partial charge in [-0.3, -0.25) is 0 Å². The summed E-state index contributed by atoms with van der Waals surface area (Å²) in [7, 11) is 1.66. The maximum absolute atomic E-state index is 5.99. The fourth-order valence-corrected chi connectivity index (χ4v) is 2.47. The standard InChI is InChI=1S/C14H22N2O2/c1-10-9-11(7-8-15)16-14(13(10)17-2)18-12-5-3-4-6-12/h9,12H,3-8,15H2,1-2H3. The number of ether oxygens (including phenoxy) is 2. The highest BCUT2D eigenvalue weighted by Gasteiger charge is 2.20. The summed E-state index contributed by atoms with van der Waals surface area (Å²) in [5.41, 5.74) is 7.62. The molecule has 1 aliphatic carbocycles. The summed E-state index contributed by atoms with van der Waals surface area (Å²) in [6, 6.07) is 2.02. The minimum absolute atomic E-state index is 0.291. The Morgan fingerprint density at radius 1 is 1.39 bits per heavy atom. The van der Waals surface area contributed by atoms with Gasteiger partial charge in [0.25, 0.3) is 5.88 Å². The van der Waals surface area contributed by atoms with Crippen LogP contribution >= 0.6 is 0 Å². The predicted molar refractivity (Wildman–Crippen MR) is 71.2 cm³/mol. The third kappa shape index (κ3) is 2.93. The SMILES string of the molecule is COc1c(C)cc(CCN)nc1OC1CCCC1. The zero-order valence-corrected chi connectivity index (χ0v) is 11.2. The van der Waals surface area contributed by atoms with E-state index in [0.717, 1.165) is 36.3 Å². The second kappa shape index (κ2) is 6.05. The molecule has 4 nitrogen and oxygen atoms in total. The number of pyridine rings is 1. The van der Waals surface area contributed by atoms with Gasteiger partial charge in [-0.25, -0.2) is 4.98 Å². The molecule has 1 aromatic rings. The summed E-state index contributed by atoms with van der Waals surface area (Å²) in [5.74, 6) is 1.38. The molecule has 0 radical (unpaired) electrons. The predicted octanol–water partition coefficient (Wildman–Crippen LogP) is 2.22. The van der Waals surface area contributed by atoms with E-state index in [-0.39, 0.29) is 0 Å². The van der Waals surface area contributed by atoms with Gasteiger partial charge in [0, 0.05) is 12.1 Å². The van der Waals surface area contributed by atoms with Crippen LogP contribution < -0.4 is 15.2 Å². The molecule has 1 heterocycles. The average molecular weight is 250 g/mol. The maximum Gasteiger partial charge on any atom is 0.257 e. The van der Waals surface area contributed by atoms with Crippen molar-refractivity contribution in [1.29, 1.82) is 0 Å².